The first-order chi connectivity index (χ1) is 8.61. The van der Waals surface area contributed by atoms with Gasteiger partial charge in [-0.2, -0.15) is 4.57 Å². The molecule has 0 saturated heterocycles. The van der Waals surface area contributed by atoms with Gasteiger partial charge < -0.3 is 10.8 Å². The van der Waals surface area contributed by atoms with E-state index in [1.807, 2.05) is 19.4 Å². The molecule has 0 bridgehead atoms. The van der Waals surface area contributed by atoms with E-state index >= 15 is 0 Å². The van der Waals surface area contributed by atoms with Crippen LogP contribution in [-0.2, 0) is 13.0 Å². The number of nitrogen functional groups attached to an aromatic ring is 1. The Kier molecular flexibility index (Phi) is 8.81. The molecule has 0 aliphatic rings. The average molecular weight is 325 g/mol. The monoisotopic (exact) mass is 324 g/mol. The van der Waals surface area contributed by atoms with Gasteiger partial charge in [0.1, 0.15) is 11.6 Å². The van der Waals surface area contributed by atoms with Gasteiger partial charge in [-0.15, -0.1) is 12.4 Å². The summed E-state index contributed by atoms with van der Waals surface area (Å²) in [6, 6.07) is 0. The molecular formula is C12H18ClN4NaOS+2. The Bertz CT molecular complexity index is 564. The number of nitrogens with two attached hydrogens (primary N) is 1. The molecule has 0 aliphatic heterocycles. The molecule has 2 rings (SSSR count). The van der Waals surface area contributed by atoms with Gasteiger partial charge in [0, 0.05) is 26.1 Å². The molecule has 0 fully saturated rings. The van der Waals surface area contributed by atoms with Crippen molar-refractivity contribution in [1.29, 1.82) is 0 Å². The first-order valence-corrected chi connectivity index (χ1v) is 6.65. The van der Waals surface area contributed by atoms with Crippen LogP contribution in [0.2, 0.25) is 0 Å². The largest absolute Gasteiger partial charge is 1.00 e. The molecule has 2 heterocycles. The van der Waals surface area contributed by atoms with Gasteiger partial charge in [0.15, 0.2) is 12.2 Å². The summed E-state index contributed by atoms with van der Waals surface area (Å²) in [6.45, 7) is 4.71. The molecule has 0 aromatic carbocycles. The van der Waals surface area contributed by atoms with Crippen LogP contribution < -0.4 is 39.9 Å². The van der Waals surface area contributed by atoms with Crippen molar-refractivity contribution in [3.05, 3.63) is 33.7 Å². The van der Waals surface area contributed by atoms with Crippen molar-refractivity contribution < 1.29 is 39.2 Å². The van der Waals surface area contributed by atoms with Crippen molar-refractivity contribution in [2.24, 2.45) is 0 Å². The quantitative estimate of drug-likeness (QED) is 0.505. The summed E-state index contributed by atoms with van der Waals surface area (Å²) in [4.78, 5) is 9.53. The Labute approximate surface area is 151 Å². The minimum absolute atomic E-state index is 0. The smallest absolute Gasteiger partial charge is 0.396 e. The molecule has 2 aromatic heterocycles. The van der Waals surface area contributed by atoms with Crippen molar-refractivity contribution in [1.82, 2.24) is 9.97 Å². The molecule has 0 atom stereocenters. The van der Waals surface area contributed by atoms with E-state index in [1.165, 1.54) is 4.88 Å². The molecule has 3 N–H and O–H groups in total. The summed E-state index contributed by atoms with van der Waals surface area (Å²) < 4.78 is 2.11. The minimum atomic E-state index is 0. The van der Waals surface area contributed by atoms with Crippen molar-refractivity contribution in [3.63, 3.8) is 0 Å². The van der Waals surface area contributed by atoms with Crippen LogP contribution >= 0.6 is 23.7 Å². The second-order valence-electron chi connectivity index (χ2n) is 4.16. The number of aryl methyl sites for hydroxylation is 1. The Morgan fingerprint density at radius 1 is 1.40 bits per heavy atom. The fourth-order valence-electron chi connectivity index (χ4n) is 1.77. The zero-order chi connectivity index (χ0) is 13.1. The van der Waals surface area contributed by atoms with E-state index in [4.69, 9.17) is 10.8 Å². The Morgan fingerprint density at radius 2 is 2.10 bits per heavy atom. The Balaban J connectivity index is 0.00000180. The standard InChI is InChI=1S/C12H17N4OS.ClH.Na/c1-8-11(3-4-17)18-7-16(8)6-10-5-14-9(2)15-12(10)13;;/h5,7,17H,3-4,6H2,1-2H3,(H2,13,14,15);1H;/q+1;;+1. The van der Waals surface area contributed by atoms with Crippen LogP contribution in [0.1, 0.15) is 22.0 Å². The SMILES string of the molecule is Cc1ncc(C[n+]2csc(CCO)c2C)c(N)n1.Cl.[Na+]. The van der Waals surface area contributed by atoms with Gasteiger partial charge in [-0.05, 0) is 6.92 Å². The van der Waals surface area contributed by atoms with Crippen LogP contribution in [0.15, 0.2) is 11.7 Å². The molecule has 0 radical (unpaired) electrons. The number of halogens is 1. The van der Waals surface area contributed by atoms with Gasteiger partial charge in [-0.3, -0.25) is 0 Å². The number of thiazole rings is 1. The average Bonchev–Trinajstić information content (AvgIpc) is 2.66. The molecule has 104 valence electrons. The fraction of sp³-hybridized carbons (Fsp3) is 0.417. The summed E-state index contributed by atoms with van der Waals surface area (Å²) in [6.07, 6.45) is 2.47. The summed E-state index contributed by atoms with van der Waals surface area (Å²) in [5.74, 6) is 1.22. The van der Waals surface area contributed by atoms with Gasteiger partial charge in [0.05, 0.1) is 10.4 Å². The number of aliphatic hydroxyl groups excluding tert-OH is 1. The second kappa shape index (κ2) is 8.92. The minimum Gasteiger partial charge on any atom is -0.396 e. The zero-order valence-corrected chi connectivity index (χ0v) is 15.6. The third kappa shape index (κ3) is 4.65. The summed E-state index contributed by atoms with van der Waals surface area (Å²) in [7, 11) is 0. The molecule has 0 spiro atoms. The van der Waals surface area contributed by atoms with Gasteiger partial charge in [0.2, 0.25) is 5.51 Å². The van der Waals surface area contributed by atoms with E-state index < -0.39 is 0 Å². The van der Waals surface area contributed by atoms with Gasteiger partial charge in [-0.1, -0.05) is 11.3 Å². The molecule has 0 saturated carbocycles. The number of hydrogen-bond donors (Lipinski definition) is 2. The predicted molar refractivity (Wildman–Crippen MR) is 77.6 cm³/mol. The van der Waals surface area contributed by atoms with Crippen molar-refractivity contribution in [3.8, 4) is 0 Å². The summed E-state index contributed by atoms with van der Waals surface area (Å²) in [5, 5.41) is 8.98. The molecular weight excluding hydrogens is 307 g/mol. The molecule has 8 heteroatoms. The Morgan fingerprint density at radius 3 is 2.70 bits per heavy atom. The van der Waals surface area contributed by atoms with E-state index in [0.717, 1.165) is 11.3 Å². The number of aliphatic hydroxyl groups is 1. The van der Waals surface area contributed by atoms with E-state index in [-0.39, 0.29) is 48.6 Å². The maximum absolute atomic E-state index is 8.98. The van der Waals surface area contributed by atoms with E-state index in [0.29, 0.717) is 24.6 Å². The van der Waals surface area contributed by atoms with Gasteiger partial charge in [-0.25, -0.2) is 9.97 Å². The Hall–Kier alpha value is -0.240. The van der Waals surface area contributed by atoms with Crippen LogP contribution in [-0.4, -0.2) is 21.7 Å². The number of aromatic nitrogens is 3. The van der Waals surface area contributed by atoms with Crippen LogP contribution in [0.3, 0.4) is 0 Å². The van der Waals surface area contributed by atoms with Crippen LogP contribution in [0.4, 0.5) is 5.82 Å². The van der Waals surface area contributed by atoms with E-state index in [2.05, 4.69) is 14.5 Å². The normalized spacial score (nSPS) is 9.75. The number of nitrogens with zero attached hydrogens (tertiary/aromatic N) is 3. The third-order valence-corrected chi connectivity index (χ3v) is 4.00. The number of hydrogen-bond acceptors (Lipinski definition) is 5. The van der Waals surface area contributed by atoms with Crippen molar-refractivity contribution in [2.45, 2.75) is 26.8 Å². The predicted octanol–water partition coefficient (Wildman–Crippen LogP) is -1.97. The first-order valence-electron chi connectivity index (χ1n) is 5.77. The third-order valence-electron chi connectivity index (χ3n) is 2.85. The molecule has 20 heavy (non-hydrogen) atoms. The second-order valence-corrected chi connectivity index (χ2v) is 5.10. The van der Waals surface area contributed by atoms with Crippen LogP contribution in [0.5, 0.6) is 0 Å². The van der Waals surface area contributed by atoms with Crippen molar-refractivity contribution in [2.75, 3.05) is 12.3 Å². The van der Waals surface area contributed by atoms with E-state index in [1.54, 1.807) is 17.5 Å². The van der Waals surface area contributed by atoms with Gasteiger partial charge >= 0.3 is 29.6 Å². The molecule has 0 amide bonds. The van der Waals surface area contributed by atoms with Crippen LogP contribution in [0.25, 0.3) is 0 Å². The van der Waals surface area contributed by atoms with Gasteiger partial charge in [0.25, 0.3) is 0 Å². The molecule has 5 nitrogen and oxygen atoms in total. The maximum Gasteiger partial charge on any atom is 1.00 e. The maximum atomic E-state index is 8.98. The number of rotatable bonds is 4. The summed E-state index contributed by atoms with van der Waals surface area (Å²) in [5.41, 5.74) is 10.0. The van der Waals surface area contributed by atoms with Crippen LogP contribution in [0, 0.1) is 13.8 Å². The molecule has 0 unspecified atom stereocenters. The summed E-state index contributed by atoms with van der Waals surface area (Å²) >= 11 is 1.65. The van der Waals surface area contributed by atoms with E-state index in [9.17, 15) is 0 Å². The topological polar surface area (TPSA) is 75.9 Å². The molecule has 0 aliphatic carbocycles. The number of anilines is 1. The first kappa shape index (κ1) is 19.8. The van der Waals surface area contributed by atoms with Crippen molar-refractivity contribution >= 4 is 29.6 Å². The fourth-order valence-corrected chi connectivity index (χ4v) is 2.75. The zero-order valence-electron chi connectivity index (χ0n) is 12.0. The molecule has 2 aromatic rings.